The van der Waals surface area contributed by atoms with Crippen molar-refractivity contribution in [3.05, 3.63) is 48.0 Å². The lowest BCUT2D eigenvalue weighted by atomic mass is 10.2. The summed E-state index contributed by atoms with van der Waals surface area (Å²) in [6.07, 6.45) is 0. The van der Waals surface area contributed by atoms with E-state index in [2.05, 4.69) is 15.0 Å². The lowest BCUT2D eigenvalue weighted by Gasteiger charge is -2.06. The van der Waals surface area contributed by atoms with E-state index in [1.165, 1.54) is 0 Å². The normalized spacial score (nSPS) is 11.7. The first kappa shape index (κ1) is 15.4. The highest BCUT2D eigenvalue weighted by Crippen LogP contribution is 2.21. The summed E-state index contributed by atoms with van der Waals surface area (Å²) >= 11 is 0. The molecule has 0 unspecified atom stereocenters. The first-order chi connectivity index (χ1) is 11.0. The van der Waals surface area contributed by atoms with Crippen molar-refractivity contribution in [1.82, 2.24) is 19.7 Å². The molecule has 0 aliphatic rings. The highest BCUT2D eigenvalue weighted by Gasteiger charge is 2.08. The van der Waals surface area contributed by atoms with E-state index in [1.807, 2.05) is 30.3 Å². The van der Waals surface area contributed by atoms with Crippen LogP contribution in [0.2, 0.25) is 0 Å². The van der Waals surface area contributed by atoms with Crippen LogP contribution in [0.5, 0.6) is 5.75 Å². The summed E-state index contributed by atoms with van der Waals surface area (Å²) in [4.78, 5) is 0. The molecule has 0 radical (unpaired) electrons. The molecule has 9 heteroatoms. The summed E-state index contributed by atoms with van der Waals surface area (Å²) in [6, 6.07) is 12.8. The number of aromatic nitrogens is 3. The van der Waals surface area contributed by atoms with Gasteiger partial charge in [-0.25, -0.2) is 9.82 Å². The van der Waals surface area contributed by atoms with E-state index in [0.29, 0.717) is 5.75 Å². The summed E-state index contributed by atoms with van der Waals surface area (Å²) in [7, 11) is -2.10. The summed E-state index contributed by atoms with van der Waals surface area (Å²) in [5, 5.41) is 13.2. The van der Waals surface area contributed by atoms with E-state index in [-0.39, 0.29) is 6.54 Å². The van der Waals surface area contributed by atoms with Crippen molar-refractivity contribution in [2.75, 3.05) is 7.11 Å². The van der Waals surface area contributed by atoms with Gasteiger partial charge >= 0.3 is 0 Å². The molecule has 0 bridgehead atoms. The van der Waals surface area contributed by atoms with Crippen LogP contribution in [-0.4, -0.2) is 30.5 Å². The van der Waals surface area contributed by atoms with Crippen LogP contribution in [0.25, 0.3) is 16.7 Å². The Morgan fingerprint density at radius 2 is 1.96 bits per heavy atom. The first-order valence-electron chi connectivity index (χ1n) is 6.72. The van der Waals surface area contributed by atoms with Crippen LogP contribution in [0.3, 0.4) is 0 Å². The minimum atomic E-state index is -3.70. The third-order valence-corrected chi connectivity index (χ3v) is 3.86. The van der Waals surface area contributed by atoms with E-state index in [1.54, 1.807) is 23.9 Å². The Morgan fingerprint density at radius 1 is 1.22 bits per heavy atom. The van der Waals surface area contributed by atoms with Gasteiger partial charge in [0.1, 0.15) is 11.3 Å². The fourth-order valence-corrected chi connectivity index (χ4v) is 2.53. The van der Waals surface area contributed by atoms with Gasteiger partial charge in [0.05, 0.1) is 18.3 Å². The molecule has 0 fully saturated rings. The smallest absolute Gasteiger partial charge is 0.274 e. The van der Waals surface area contributed by atoms with Gasteiger partial charge in [-0.2, -0.15) is 13.1 Å². The molecule has 3 rings (SSSR count). The van der Waals surface area contributed by atoms with Gasteiger partial charge < -0.3 is 4.74 Å². The van der Waals surface area contributed by atoms with Crippen LogP contribution in [0, 0.1) is 0 Å². The van der Waals surface area contributed by atoms with Crippen LogP contribution < -0.4 is 14.6 Å². The fourth-order valence-electron chi connectivity index (χ4n) is 2.16. The van der Waals surface area contributed by atoms with Crippen molar-refractivity contribution in [2.24, 2.45) is 5.14 Å². The molecular formula is C14H15N5O3S. The summed E-state index contributed by atoms with van der Waals surface area (Å²) in [6.45, 7) is 0.133. The molecule has 0 saturated carbocycles. The molecule has 2 aromatic carbocycles. The number of hydrogen-bond donors (Lipinski definition) is 2. The minimum Gasteiger partial charge on any atom is -0.497 e. The quantitative estimate of drug-likeness (QED) is 0.714. The van der Waals surface area contributed by atoms with E-state index >= 15 is 0 Å². The van der Waals surface area contributed by atoms with Crippen LogP contribution >= 0.6 is 0 Å². The summed E-state index contributed by atoms with van der Waals surface area (Å²) < 4.78 is 30.9. The van der Waals surface area contributed by atoms with Gasteiger partial charge in [-0.05, 0) is 29.8 Å². The Kier molecular flexibility index (Phi) is 3.99. The van der Waals surface area contributed by atoms with Crippen molar-refractivity contribution in [3.8, 4) is 11.4 Å². The van der Waals surface area contributed by atoms with Crippen LogP contribution in [0.1, 0.15) is 5.56 Å². The van der Waals surface area contributed by atoms with E-state index in [4.69, 9.17) is 9.88 Å². The van der Waals surface area contributed by atoms with E-state index in [0.717, 1.165) is 22.3 Å². The van der Waals surface area contributed by atoms with Gasteiger partial charge in [-0.1, -0.05) is 17.3 Å². The predicted molar refractivity (Wildman–Crippen MR) is 85.4 cm³/mol. The van der Waals surface area contributed by atoms with Crippen LogP contribution in [0.15, 0.2) is 42.5 Å². The maximum Gasteiger partial charge on any atom is 0.274 e. The molecule has 0 aliphatic carbocycles. The van der Waals surface area contributed by atoms with Gasteiger partial charge in [0, 0.05) is 12.6 Å². The largest absolute Gasteiger partial charge is 0.497 e. The second-order valence-corrected chi connectivity index (χ2v) is 6.27. The maximum absolute atomic E-state index is 10.9. The molecule has 8 nitrogen and oxygen atoms in total. The van der Waals surface area contributed by atoms with Crippen LogP contribution in [-0.2, 0) is 16.8 Å². The topological polar surface area (TPSA) is 112 Å². The fraction of sp³-hybridized carbons (Fsp3) is 0.143. The molecule has 1 heterocycles. The molecule has 0 spiro atoms. The average Bonchev–Trinajstić information content (AvgIpc) is 2.95. The molecule has 0 aliphatic heterocycles. The number of nitrogens with zero attached hydrogens (tertiary/aromatic N) is 3. The maximum atomic E-state index is 10.9. The molecular weight excluding hydrogens is 318 g/mol. The van der Waals surface area contributed by atoms with E-state index < -0.39 is 10.2 Å². The Hall–Kier alpha value is -2.49. The molecule has 3 aromatic rings. The molecule has 0 amide bonds. The van der Waals surface area contributed by atoms with Crippen molar-refractivity contribution in [2.45, 2.75) is 6.54 Å². The lowest BCUT2D eigenvalue weighted by molar-refractivity contribution is 0.415. The van der Waals surface area contributed by atoms with Crippen molar-refractivity contribution in [1.29, 1.82) is 0 Å². The molecule has 3 N–H and O–H groups in total. The second kappa shape index (κ2) is 5.95. The molecule has 1 aromatic heterocycles. The number of ether oxygens (including phenoxy) is 1. The van der Waals surface area contributed by atoms with Gasteiger partial charge in [-0.3, -0.25) is 0 Å². The third-order valence-electron chi connectivity index (χ3n) is 3.31. The van der Waals surface area contributed by atoms with Crippen LogP contribution in [0.4, 0.5) is 0 Å². The van der Waals surface area contributed by atoms with Gasteiger partial charge in [0.25, 0.3) is 10.2 Å². The third kappa shape index (κ3) is 3.47. The zero-order chi connectivity index (χ0) is 16.4. The van der Waals surface area contributed by atoms with E-state index in [9.17, 15) is 8.42 Å². The van der Waals surface area contributed by atoms with Gasteiger partial charge in [0.15, 0.2) is 0 Å². The highest BCUT2D eigenvalue weighted by atomic mass is 32.2. The van der Waals surface area contributed by atoms with Crippen molar-refractivity contribution < 1.29 is 13.2 Å². The monoisotopic (exact) mass is 333 g/mol. The van der Waals surface area contributed by atoms with Crippen molar-refractivity contribution in [3.63, 3.8) is 0 Å². The SMILES string of the molecule is COc1ccc2c(c1)nnn2-c1ccc(CNS(N)(=O)=O)cc1. The predicted octanol–water partition coefficient (Wildman–Crippen LogP) is 0.722. The Morgan fingerprint density at radius 3 is 2.61 bits per heavy atom. The second-order valence-electron chi connectivity index (χ2n) is 4.89. The Balaban J connectivity index is 1.87. The zero-order valence-corrected chi connectivity index (χ0v) is 13.1. The van der Waals surface area contributed by atoms with Crippen molar-refractivity contribution >= 4 is 21.2 Å². The molecule has 0 atom stereocenters. The molecule has 23 heavy (non-hydrogen) atoms. The summed E-state index contributed by atoms with van der Waals surface area (Å²) in [5.74, 6) is 0.717. The number of nitrogens with two attached hydrogens (primary N) is 1. The number of nitrogens with one attached hydrogen (secondary N) is 1. The number of methoxy groups -OCH3 is 1. The number of benzene rings is 2. The van der Waals surface area contributed by atoms with Gasteiger partial charge in [0.2, 0.25) is 0 Å². The lowest BCUT2D eigenvalue weighted by Crippen LogP contribution is -2.30. The Bertz CT molecular complexity index is 935. The number of hydrogen-bond acceptors (Lipinski definition) is 5. The first-order valence-corrected chi connectivity index (χ1v) is 8.27. The number of rotatable bonds is 5. The average molecular weight is 333 g/mol. The minimum absolute atomic E-state index is 0.133. The summed E-state index contributed by atoms with van der Waals surface area (Å²) in [5.41, 5.74) is 3.18. The Labute approximate surface area is 133 Å². The highest BCUT2D eigenvalue weighted by molar-refractivity contribution is 7.87. The van der Waals surface area contributed by atoms with Gasteiger partial charge in [-0.15, -0.1) is 5.10 Å². The number of fused-ring (bicyclic) bond motifs is 1. The molecule has 120 valence electrons. The molecule has 0 saturated heterocycles. The zero-order valence-electron chi connectivity index (χ0n) is 12.3. The standard InChI is InChI=1S/C14H15N5O3S/c1-22-12-6-7-14-13(8-12)17-18-19(14)11-4-2-10(3-5-11)9-16-23(15,20)21/h2-8,16H,9H2,1H3,(H2,15,20,21).